The summed E-state index contributed by atoms with van der Waals surface area (Å²) in [7, 11) is 0. The second kappa shape index (κ2) is 3.81. The van der Waals surface area contributed by atoms with E-state index in [1.54, 1.807) is 18.2 Å². The van der Waals surface area contributed by atoms with E-state index in [9.17, 15) is 9.59 Å². The molecule has 0 bridgehead atoms. The number of aromatic carboxylic acids is 1. The molecule has 4 heteroatoms. The number of carbonyl (C=O) groups excluding carboxylic acids is 1. The van der Waals surface area contributed by atoms with Crippen molar-refractivity contribution in [1.29, 1.82) is 0 Å². The average molecular weight is 218 g/mol. The van der Waals surface area contributed by atoms with E-state index in [1.807, 2.05) is 0 Å². The molecular formula is C12H10O4. The van der Waals surface area contributed by atoms with Gasteiger partial charge in [-0.25, -0.2) is 4.79 Å². The number of furan rings is 1. The molecule has 1 N–H and O–H groups in total. The molecule has 2 rings (SSSR count). The van der Waals surface area contributed by atoms with Crippen LogP contribution >= 0.6 is 0 Å². The van der Waals surface area contributed by atoms with Crippen molar-refractivity contribution in [3.63, 3.8) is 0 Å². The first-order chi connectivity index (χ1) is 7.58. The Hall–Kier alpha value is -2.10. The third-order valence-electron chi connectivity index (χ3n) is 2.28. The van der Waals surface area contributed by atoms with Crippen molar-refractivity contribution in [1.82, 2.24) is 0 Å². The molecule has 0 spiro atoms. The maximum absolute atomic E-state index is 11.0. The zero-order valence-electron chi connectivity index (χ0n) is 8.69. The number of hydrogen-bond donors (Lipinski definition) is 1. The van der Waals surface area contributed by atoms with Gasteiger partial charge in [-0.1, -0.05) is 18.2 Å². The molecule has 0 amide bonds. The second-order valence-corrected chi connectivity index (χ2v) is 3.63. The first-order valence-electron chi connectivity index (χ1n) is 4.82. The lowest BCUT2D eigenvalue weighted by atomic mass is 10.1. The van der Waals surface area contributed by atoms with Crippen molar-refractivity contribution in [2.24, 2.45) is 0 Å². The Morgan fingerprint density at radius 1 is 1.38 bits per heavy atom. The molecule has 0 atom stereocenters. The molecule has 1 aromatic carbocycles. The SMILES string of the molecule is CC(=O)Cc1cccc2cc(C(=O)O)oc12. The second-order valence-electron chi connectivity index (χ2n) is 3.63. The smallest absolute Gasteiger partial charge is 0.371 e. The van der Waals surface area contributed by atoms with Crippen LogP contribution in [0.5, 0.6) is 0 Å². The fourth-order valence-corrected chi connectivity index (χ4v) is 1.64. The van der Waals surface area contributed by atoms with Crippen LogP contribution in [0.2, 0.25) is 0 Å². The highest BCUT2D eigenvalue weighted by atomic mass is 16.4. The maximum atomic E-state index is 11.0. The van der Waals surface area contributed by atoms with Gasteiger partial charge in [-0.2, -0.15) is 0 Å². The van der Waals surface area contributed by atoms with Crippen LogP contribution in [0.4, 0.5) is 0 Å². The van der Waals surface area contributed by atoms with Crippen molar-refractivity contribution in [3.05, 3.63) is 35.6 Å². The zero-order chi connectivity index (χ0) is 11.7. The maximum Gasteiger partial charge on any atom is 0.371 e. The van der Waals surface area contributed by atoms with E-state index in [4.69, 9.17) is 9.52 Å². The largest absolute Gasteiger partial charge is 0.475 e. The van der Waals surface area contributed by atoms with Crippen molar-refractivity contribution < 1.29 is 19.1 Å². The van der Waals surface area contributed by atoms with Crippen LogP contribution in [0.3, 0.4) is 0 Å². The zero-order valence-corrected chi connectivity index (χ0v) is 8.69. The van der Waals surface area contributed by atoms with Crippen molar-refractivity contribution in [2.75, 3.05) is 0 Å². The quantitative estimate of drug-likeness (QED) is 0.857. The van der Waals surface area contributed by atoms with Crippen LogP contribution in [-0.4, -0.2) is 16.9 Å². The van der Waals surface area contributed by atoms with Crippen LogP contribution in [-0.2, 0) is 11.2 Å². The summed E-state index contributed by atoms with van der Waals surface area (Å²) >= 11 is 0. The Morgan fingerprint density at radius 2 is 2.12 bits per heavy atom. The molecule has 0 saturated carbocycles. The fraction of sp³-hybridized carbons (Fsp3) is 0.167. The third-order valence-corrected chi connectivity index (χ3v) is 2.28. The van der Waals surface area contributed by atoms with Gasteiger partial charge in [0.05, 0.1) is 0 Å². The number of carbonyl (C=O) groups is 2. The van der Waals surface area contributed by atoms with Gasteiger partial charge in [-0.3, -0.25) is 4.79 Å². The highest BCUT2D eigenvalue weighted by Gasteiger charge is 2.13. The summed E-state index contributed by atoms with van der Waals surface area (Å²) in [5.41, 5.74) is 1.20. The van der Waals surface area contributed by atoms with E-state index in [2.05, 4.69) is 0 Å². The molecule has 4 nitrogen and oxygen atoms in total. The first kappa shape index (κ1) is 10.4. The first-order valence-corrected chi connectivity index (χ1v) is 4.82. The van der Waals surface area contributed by atoms with E-state index in [-0.39, 0.29) is 18.0 Å². The minimum Gasteiger partial charge on any atom is -0.475 e. The van der Waals surface area contributed by atoms with E-state index >= 15 is 0 Å². The summed E-state index contributed by atoms with van der Waals surface area (Å²) in [6.07, 6.45) is 0.254. The normalized spacial score (nSPS) is 10.6. The minimum atomic E-state index is -1.11. The Kier molecular flexibility index (Phi) is 2.48. The number of fused-ring (bicyclic) bond motifs is 1. The summed E-state index contributed by atoms with van der Waals surface area (Å²) in [6, 6.07) is 6.76. The number of para-hydroxylation sites is 1. The van der Waals surface area contributed by atoms with E-state index in [0.717, 1.165) is 5.56 Å². The lowest BCUT2D eigenvalue weighted by Gasteiger charge is -1.98. The van der Waals surface area contributed by atoms with Crippen molar-refractivity contribution in [3.8, 4) is 0 Å². The summed E-state index contributed by atoms with van der Waals surface area (Å²) < 4.78 is 5.21. The third kappa shape index (κ3) is 1.82. The van der Waals surface area contributed by atoms with Crippen LogP contribution in [0.25, 0.3) is 11.0 Å². The molecule has 0 aliphatic carbocycles. The van der Waals surface area contributed by atoms with Crippen molar-refractivity contribution >= 4 is 22.7 Å². The lowest BCUT2D eigenvalue weighted by Crippen LogP contribution is -1.96. The predicted octanol–water partition coefficient (Wildman–Crippen LogP) is 2.26. The number of hydrogen-bond acceptors (Lipinski definition) is 3. The van der Waals surface area contributed by atoms with Gasteiger partial charge >= 0.3 is 5.97 Å². The highest BCUT2D eigenvalue weighted by Crippen LogP contribution is 2.23. The summed E-state index contributed by atoms with van der Waals surface area (Å²) in [6.45, 7) is 1.49. The van der Waals surface area contributed by atoms with Crippen LogP contribution < -0.4 is 0 Å². The van der Waals surface area contributed by atoms with E-state index < -0.39 is 5.97 Å². The van der Waals surface area contributed by atoms with Gasteiger partial charge in [0.15, 0.2) is 0 Å². The number of carboxylic acid groups (broad SMARTS) is 1. The average Bonchev–Trinajstić information content (AvgIpc) is 2.61. The Labute approximate surface area is 91.5 Å². The van der Waals surface area contributed by atoms with Crippen LogP contribution in [0, 0.1) is 0 Å². The molecular weight excluding hydrogens is 208 g/mol. The van der Waals surface area contributed by atoms with Gasteiger partial charge in [0.1, 0.15) is 11.4 Å². The van der Waals surface area contributed by atoms with Gasteiger partial charge in [0, 0.05) is 17.4 Å². The monoisotopic (exact) mass is 218 g/mol. The lowest BCUT2D eigenvalue weighted by molar-refractivity contribution is -0.116. The van der Waals surface area contributed by atoms with Crippen LogP contribution in [0.15, 0.2) is 28.7 Å². The molecule has 0 saturated heterocycles. The molecule has 0 aliphatic rings. The number of ketones is 1. The topological polar surface area (TPSA) is 67.5 Å². The number of rotatable bonds is 3. The number of carboxylic acids is 1. The molecule has 0 radical (unpaired) electrons. The van der Waals surface area contributed by atoms with Gasteiger partial charge in [0.25, 0.3) is 0 Å². The summed E-state index contributed by atoms with van der Waals surface area (Å²) in [5, 5.41) is 9.50. The predicted molar refractivity (Wildman–Crippen MR) is 57.6 cm³/mol. The highest BCUT2D eigenvalue weighted by molar-refractivity contribution is 5.93. The molecule has 0 unspecified atom stereocenters. The Bertz CT molecular complexity index is 565. The molecule has 1 heterocycles. The molecule has 2 aromatic rings. The molecule has 0 fully saturated rings. The molecule has 16 heavy (non-hydrogen) atoms. The van der Waals surface area contributed by atoms with Gasteiger partial charge in [0.2, 0.25) is 5.76 Å². The molecule has 0 aliphatic heterocycles. The number of Topliss-reactive ketones (excluding diaryl/α,β-unsaturated/α-hetero) is 1. The van der Waals surface area contributed by atoms with Gasteiger partial charge in [-0.15, -0.1) is 0 Å². The number of benzene rings is 1. The van der Waals surface area contributed by atoms with Crippen molar-refractivity contribution in [2.45, 2.75) is 13.3 Å². The van der Waals surface area contributed by atoms with Gasteiger partial charge in [-0.05, 0) is 13.0 Å². The Balaban J connectivity index is 2.58. The minimum absolute atomic E-state index is 0.0146. The van der Waals surface area contributed by atoms with E-state index in [0.29, 0.717) is 11.0 Å². The van der Waals surface area contributed by atoms with Crippen LogP contribution in [0.1, 0.15) is 23.0 Å². The molecule has 1 aromatic heterocycles. The van der Waals surface area contributed by atoms with Gasteiger partial charge < -0.3 is 9.52 Å². The summed E-state index contributed by atoms with van der Waals surface area (Å²) in [5.74, 6) is -1.20. The standard InChI is InChI=1S/C12H10O4/c1-7(13)5-8-3-2-4-9-6-10(12(14)15)16-11(8)9/h2-4,6H,5H2,1H3,(H,14,15). The molecule has 82 valence electrons. The summed E-state index contributed by atoms with van der Waals surface area (Å²) in [4.78, 5) is 21.8. The fourth-order valence-electron chi connectivity index (χ4n) is 1.64. The van der Waals surface area contributed by atoms with E-state index in [1.165, 1.54) is 13.0 Å². The Morgan fingerprint density at radius 3 is 2.75 bits per heavy atom.